The first-order valence-corrected chi connectivity index (χ1v) is 7.56. The van der Waals surface area contributed by atoms with Gasteiger partial charge in [-0.25, -0.2) is 0 Å². The molecule has 0 saturated heterocycles. The van der Waals surface area contributed by atoms with Crippen LogP contribution in [0.15, 0.2) is 24.3 Å². The number of carboxylic acids is 1. The Morgan fingerprint density at radius 2 is 1.90 bits per heavy atom. The van der Waals surface area contributed by atoms with E-state index in [2.05, 4.69) is 12.2 Å². The summed E-state index contributed by atoms with van der Waals surface area (Å²) in [6.45, 7) is 6.17. The molecule has 20 heavy (non-hydrogen) atoms. The van der Waals surface area contributed by atoms with Crippen LogP contribution < -0.4 is 5.32 Å². The van der Waals surface area contributed by atoms with Gasteiger partial charge in [0, 0.05) is 11.1 Å². The summed E-state index contributed by atoms with van der Waals surface area (Å²) in [7, 11) is 0. The van der Waals surface area contributed by atoms with Gasteiger partial charge in [-0.2, -0.15) is 0 Å². The third-order valence-electron chi connectivity index (χ3n) is 3.26. The van der Waals surface area contributed by atoms with Crippen molar-refractivity contribution in [2.45, 2.75) is 52.1 Å². The van der Waals surface area contributed by atoms with Crippen molar-refractivity contribution in [3.05, 3.63) is 34.9 Å². The van der Waals surface area contributed by atoms with Gasteiger partial charge in [0.25, 0.3) is 0 Å². The molecule has 2 N–H and O–H groups in total. The number of carboxylic acid groups (broad SMARTS) is 1. The van der Waals surface area contributed by atoms with Crippen LogP contribution in [0.4, 0.5) is 0 Å². The van der Waals surface area contributed by atoms with Gasteiger partial charge in [0.15, 0.2) is 0 Å². The quantitative estimate of drug-likeness (QED) is 0.753. The summed E-state index contributed by atoms with van der Waals surface area (Å²) >= 11 is 5.90. The zero-order chi connectivity index (χ0) is 15.1. The van der Waals surface area contributed by atoms with Gasteiger partial charge in [0.1, 0.15) is 6.04 Å². The van der Waals surface area contributed by atoms with Crippen molar-refractivity contribution < 1.29 is 9.90 Å². The second-order valence-corrected chi connectivity index (χ2v) is 6.02. The van der Waals surface area contributed by atoms with Gasteiger partial charge in [-0.05, 0) is 36.5 Å². The molecule has 0 amide bonds. The molecule has 0 aliphatic carbocycles. The number of carbonyl (C=O) groups is 1. The van der Waals surface area contributed by atoms with Crippen molar-refractivity contribution in [2.75, 3.05) is 0 Å². The number of halogens is 1. The molecular weight excluding hydrogens is 274 g/mol. The molecule has 4 heteroatoms. The largest absolute Gasteiger partial charge is 0.480 e. The lowest BCUT2D eigenvalue weighted by atomic mass is 9.98. The van der Waals surface area contributed by atoms with Gasteiger partial charge >= 0.3 is 5.97 Å². The molecule has 1 aromatic rings. The van der Waals surface area contributed by atoms with Crippen LogP contribution in [0.1, 0.15) is 51.6 Å². The van der Waals surface area contributed by atoms with Crippen molar-refractivity contribution in [3.8, 4) is 0 Å². The van der Waals surface area contributed by atoms with E-state index in [9.17, 15) is 9.90 Å². The normalized spacial score (nSPS) is 14.2. The Bertz CT molecular complexity index is 417. The lowest BCUT2D eigenvalue weighted by Gasteiger charge is -2.24. The van der Waals surface area contributed by atoms with Gasteiger partial charge in [-0.15, -0.1) is 0 Å². The van der Waals surface area contributed by atoms with Crippen LogP contribution in [0.2, 0.25) is 5.02 Å². The number of hydrogen-bond acceptors (Lipinski definition) is 2. The number of rotatable bonds is 8. The molecule has 0 aromatic heterocycles. The Hall–Kier alpha value is -1.06. The third-order valence-corrected chi connectivity index (χ3v) is 3.51. The highest BCUT2D eigenvalue weighted by Gasteiger charge is 2.23. The molecule has 1 rings (SSSR count). The molecule has 0 bridgehead atoms. The van der Waals surface area contributed by atoms with E-state index in [0.29, 0.717) is 17.4 Å². The third kappa shape index (κ3) is 5.51. The lowest BCUT2D eigenvalue weighted by Crippen LogP contribution is -2.40. The minimum atomic E-state index is -0.784. The van der Waals surface area contributed by atoms with Crippen molar-refractivity contribution in [1.82, 2.24) is 5.32 Å². The maximum Gasteiger partial charge on any atom is 0.320 e. The predicted octanol–water partition coefficient (Wildman–Crippen LogP) is 4.27. The van der Waals surface area contributed by atoms with E-state index >= 15 is 0 Å². The minimum Gasteiger partial charge on any atom is -0.480 e. The Morgan fingerprint density at radius 1 is 1.30 bits per heavy atom. The monoisotopic (exact) mass is 297 g/mol. The SMILES string of the molecule is CCCC(NC(CC(C)C)C(=O)O)c1ccc(Cl)cc1. The number of nitrogens with one attached hydrogen (secondary N) is 1. The molecule has 3 nitrogen and oxygen atoms in total. The van der Waals surface area contributed by atoms with Gasteiger partial charge in [0.05, 0.1) is 0 Å². The highest BCUT2D eigenvalue weighted by atomic mass is 35.5. The molecule has 0 radical (unpaired) electrons. The summed E-state index contributed by atoms with van der Waals surface area (Å²) in [5, 5.41) is 13.3. The van der Waals surface area contributed by atoms with Crippen molar-refractivity contribution in [2.24, 2.45) is 5.92 Å². The van der Waals surface area contributed by atoms with E-state index in [1.807, 2.05) is 38.1 Å². The molecule has 0 spiro atoms. The first kappa shape index (κ1) is 17.0. The number of benzene rings is 1. The fourth-order valence-corrected chi connectivity index (χ4v) is 2.41. The van der Waals surface area contributed by atoms with Crippen molar-refractivity contribution in [1.29, 1.82) is 0 Å². The molecule has 0 aliphatic heterocycles. The average molecular weight is 298 g/mol. The summed E-state index contributed by atoms with van der Waals surface area (Å²) in [6, 6.07) is 7.16. The first-order valence-electron chi connectivity index (χ1n) is 7.18. The molecule has 1 aromatic carbocycles. The van der Waals surface area contributed by atoms with E-state index in [4.69, 9.17) is 11.6 Å². The zero-order valence-electron chi connectivity index (χ0n) is 12.4. The Balaban J connectivity index is 2.84. The van der Waals surface area contributed by atoms with E-state index in [1.165, 1.54) is 0 Å². The molecule has 0 heterocycles. The molecule has 0 aliphatic rings. The standard InChI is InChI=1S/C16H24ClNO2/c1-4-5-14(12-6-8-13(17)9-7-12)18-15(16(19)20)10-11(2)3/h6-9,11,14-15,18H,4-5,10H2,1-3H3,(H,19,20). The summed E-state index contributed by atoms with van der Waals surface area (Å²) in [5.74, 6) is -0.440. The van der Waals surface area contributed by atoms with E-state index in [1.54, 1.807) is 0 Å². The fraction of sp³-hybridized carbons (Fsp3) is 0.562. The van der Waals surface area contributed by atoms with E-state index < -0.39 is 12.0 Å². The highest BCUT2D eigenvalue weighted by molar-refractivity contribution is 6.30. The van der Waals surface area contributed by atoms with Crippen LogP contribution in [0.25, 0.3) is 0 Å². The van der Waals surface area contributed by atoms with Crippen molar-refractivity contribution in [3.63, 3.8) is 0 Å². The first-order chi connectivity index (χ1) is 9.43. The van der Waals surface area contributed by atoms with Crippen LogP contribution in [-0.4, -0.2) is 17.1 Å². The van der Waals surface area contributed by atoms with Gasteiger partial charge in [-0.3, -0.25) is 10.1 Å². The topological polar surface area (TPSA) is 49.3 Å². The number of aliphatic carboxylic acids is 1. The summed E-state index contributed by atoms with van der Waals surface area (Å²) < 4.78 is 0. The maximum atomic E-state index is 11.4. The molecule has 0 saturated carbocycles. The van der Waals surface area contributed by atoms with Gasteiger partial charge in [0.2, 0.25) is 0 Å². The minimum absolute atomic E-state index is 0.0529. The van der Waals surface area contributed by atoms with Crippen LogP contribution >= 0.6 is 11.6 Å². The Kier molecular flexibility index (Phi) is 7.03. The number of hydrogen-bond donors (Lipinski definition) is 2. The molecular formula is C16H24ClNO2. The van der Waals surface area contributed by atoms with Crippen LogP contribution in [-0.2, 0) is 4.79 Å². The smallest absolute Gasteiger partial charge is 0.320 e. The fourth-order valence-electron chi connectivity index (χ4n) is 2.28. The zero-order valence-corrected chi connectivity index (χ0v) is 13.2. The van der Waals surface area contributed by atoms with Crippen LogP contribution in [0.3, 0.4) is 0 Å². The van der Waals surface area contributed by atoms with Gasteiger partial charge < -0.3 is 5.11 Å². The summed E-state index contributed by atoms with van der Waals surface area (Å²) in [4.78, 5) is 11.4. The molecule has 0 fully saturated rings. The molecule has 2 unspecified atom stereocenters. The molecule has 112 valence electrons. The van der Waals surface area contributed by atoms with E-state index in [0.717, 1.165) is 18.4 Å². The van der Waals surface area contributed by atoms with Crippen LogP contribution in [0.5, 0.6) is 0 Å². The van der Waals surface area contributed by atoms with Crippen LogP contribution in [0, 0.1) is 5.92 Å². The predicted molar refractivity (Wildman–Crippen MR) is 83.1 cm³/mol. The van der Waals surface area contributed by atoms with Gasteiger partial charge in [-0.1, -0.05) is 50.9 Å². The second kappa shape index (κ2) is 8.28. The maximum absolute atomic E-state index is 11.4. The Morgan fingerprint density at radius 3 is 2.35 bits per heavy atom. The summed E-state index contributed by atoms with van der Waals surface area (Å²) in [5.41, 5.74) is 1.09. The lowest BCUT2D eigenvalue weighted by molar-refractivity contribution is -0.140. The van der Waals surface area contributed by atoms with Crippen molar-refractivity contribution >= 4 is 17.6 Å². The second-order valence-electron chi connectivity index (χ2n) is 5.58. The highest BCUT2D eigenvalue weighted by Crippen LogP contribution is 2.22. The molecule has 2 atom stereocenters. The average Bonchev–Trinajstić information content (AvgIpc) is 2.37. The summed E-state index contributed by atoms with van der Waals surface area (Å²) in [6.07, 6.45) is 2.53. The Labute approximate surface area is 126 Å². The van der Waals surface area contributed by atoms with E-state index in [-0.39, 0.29) is 6.04 Å².